The third-order valence-corrected chi connectivity index (χ3v) is 3.29. The number of nitrogens with one attached hydrogen (secondary N) is 1. The van der Waals surface area contributed by atoms with Crippen LogP contribution < -0.4 is 5.32 Å². The number of benzene rings is 1. The standard InChI is InChI=1S/C11H12Cl3N5O/c1-20-3-2-15-6-10-16-17-18-19(10)11-8(13)4-7(12)5-9(11)14/h4-5,15H,2-3,6H2,1H3. The molecule has 0 aliphatic rings. The minimum Gasteiger partial charge on any atom is -0.383 e. The Morgan fingerprint density at radius 2 is 1.95 bits per heavy atom. The highest BCUT2D eigenvalue weighted by molar-refractivity contribution is 6.40. The molecule has 0 aliphatic heterocycles. The van der Waals surface area contributed by atoms with Crippen molar-refractivity contribution in [3.63, 3.8) is 0 Å². The van der Waals surface area contributed by atoms with Crippen LogP contribution in [0.2, 0.25) is 15.1 Å². The van der Waals surface area contributed by atoms with Gasteiger partial charge in [-0.3, -0.25) is 0 Å². The van der Waals surface area contributed by atoms with Gasteiger partial charge in [0.25, 0.3) is 0 Å². The molecule has 0 unspecified atom stereocenters. The Morgan fingerprint density at radius 1 is 1.25 bits per heavy atom. The zero-order valence-electron chi connectivity index (χ0n) is 10.6. The van der Waals surface area contributed by atoms with Gasteiger partial charge in [-0.1, -0.05) is 34.8 Å². The first-order valence-corrected chi connectivity index (χ1v) is 6.88. The Morgan fingerprint density at radius 3 is 2.60 bits per heavy atom. The lowest BCUT2D eigenvalue weighted by Gasteiger charge is -2.09. The molecule has 6 nitrogen and oxygen atoms in total. The molecule has 108 valence electrons. The second-order valence-electron chi connectivity index (χ2n) is 3.89. The maximum Gasteiger partial charge on any atom is 0.170 e. The predicted molar refractivity (Wildman–Crippen MR) is 77.8 cm³/mol. The summed E-state index contributed by atoms with van der Waals surface area (Å²) in [6, 6.07) is 3.18. The molecule has 0 saturated heterocycles. The van der Waals surface area contributed by atoms with Crippen molar-refractivity contribution >= 4 is 34.8 Å². The summed E-state index contributed by atoms with van der Waals surface area (Å²) in [5.41, 5.74) is 0.506. The molecule has 9 heteroatoms. The van der Waals surface area contributed by atoms with Crippen LogP contribution >= 0.6 is 34.8 Å². The summed E-state index contributed by atoms with van der Waals surface area (Å²) in [5.74, 6) is 0.590. The van der Waals surface area contributed by atoms with Gasteiger partial charge in [0.2, 0.25) is 0 Å². The van der Waals surface area contributed by atoms with Gasteiger partial charge < -0.3 is 10.1 Å². The summed E-state index contributed by atoms with van der Waals surface area (Å²) in [5, 5.41) is 15.9. The van der Waals surface area contributed by atoms with Crippen LogP contribution in [0.4, 0.5) is 0 Å². The number of rotatable bonds is 6. The Bertz CT molecular complexity index is 566. The van der Waals surface area contributed by atoms with Gasteiger partial charge in [-0.05, 0) is 22.6 Å². The third-order valence-electron chi connectivity index (χ3n) is 2.49. The molecule has 1 heterocycles. The Labute approximate surface area is 131 Å². The molecular formula is C11H12Cl3N5O. The van der Waals surface area contributed by atoms with Crippen molar-refractivity contribution in [1.29, 1.82) is 0 Å². The van der Waals surface area contributed by atoms with Crippen molar-refractivity contribution in [1.82, 2.24) is 25.5 Å². The van der Waals surface area contributed by atoms with Crippen molar-refractivity contribution in [2.75, 3.05) is 20.3 Å². The third kappa shape index (κ3) is 3.59. The highest BCUT2D eigenvalue weighted by Gasteiger charge is 2.15. The molecule has 2 rings (SSSR count). The summed E-state index contributed by atoms with van der Waals surface area (Å²) >= 11 is 18.2. The highest BCUT2D eigenvalue weighted by atomic mass is 35.5. The smallest absolute Gasteiger partial charge is 0.170 e. The summed E-state index contributed by atoms with van der Waals surface area (Å²) in [7, 11) is 1.64. The first kappa shape index (κ1) is 15.5. The number of hydrogen-bond donors (Lipinski definition) is 1. The van der Waals surface area contributed by atoms with Gasteiger partial charge >= 0.3 is 0 Å². The first-order valence-electron chi connectivity index (χ1n) is 5.75. The van der Waals surface area contributed by atoms with E-state index in [0.29, 0.717) is 46.3 Å². The maximum absolute atomic E-state index is 6.16. The Balaban J connectivity index is 2.24. The van der Waals surface area contributed by atoms with Gasteiger partial charge in [-0.15, -0.1) is 5.10 Å². The molecule has 1 aromatic carbocycles. The first-order chi connectivity index (χ1) is 9.63. The molecule has 20 heavy (non-hydrogen) atoms. The van der Waals surface area contributed by atoms with Gasteiger partial charge in [0.1, 0.15) is 5.69 Å². The van der Waals surface area contributed by atoms with Crippen LogP contribution in [0.15, 0.2) is 12.1 Å². The van der Waals surface area contributed by atoms with Crippen LogP contribution in [-0.2, 0) is 11.3 Å². The van der Waals surface area contributed by atoms with Crippen molar-refractivity contribution in [3.05, 3.63) is 33.0 Å². The van der Waals surface area contributed by atoms with E-state index in [0.717, 1.165) is 0 Å². The second-order valence-corrected chi connectivity index (χ2v) is 5.15. The quantitative estimate of drug-likeness (QED) is 0.820. The number of tetrazole rings is 1. The SMILES string of the molecule is COCCNCc1nnnn1-c1c(Cl)cc(Cl)cc1Cl. The van der Waals surface area contributed by atoms with Crippen LogP contribution in [0.3, 0.4) is 0 Å². The molecule has 0 saturated carbocycles. The zero-order chi connectivity index (χ0) is 14.5. The van der Waals surface area contributed by atoms with Crippen LogP contribution in [0.1, 0.15) is 5.82 Å². The number of aromatic nitrogens is 4. The molecule has 0 atom stereocenters. The maximum atomic E-state index is 6.16. The average Bonchev–Trinajstić information content (AvgIpc) is 2.82. The molecule has 0 spiro atoms. The van der Waals surface area contributed by atoms with Crippen LogP contribution in [-0.4, -0.2) is 40.5 Å². The minimum absolute atomic E-state index is 0.382. The van der Waals surface area contributed by atoms with E-state index in [1.807, 2.05) is 0 Å². The minimum atomic E-state index is 0.382. The van der Waals surface area contributed by atoms with E-state index in [9.17, 15) is 0 Å². The summed E-state index contributed by atoms with van der Waals surface area (Å²) in [4.78, 5) is 0. The largest absolute Gasteiger partial charge is 0.383 e. The Kier molecular flexibility index (Phi) is 5.56. The van der Waals surface area contributed by atoms with E-state index in [2.05, 4.69) is 20.8 Å². The zero-order valence-corrected chi connectivity index (χ0v) is 12.9. The van der Waals surface area contributed by atoms with Crippen LogP contribution in [0.5, 0.6) is 0 Å². The van der Waals surface area contributed by atoms with E-state index in [1.54, 1.807) is 19.2 Å². The van der Waals surface area contributed by atoms with Gasteiger partial charge in [-0.2, -0.15) is 4.68 Å². The number of hydrogen-bond acceptors (Lipinski definition) is 5. The van der Waals surface area contributed by atoms with Gasteiger partial charge in [-0.25, -0.2) is 0 Å². The fourth-order valence-electron chi connectivity index (χ4n) is 1.60. The predicted octanol–water partition coefficient (Wildman–Crippen LogP) is 2.36. The van der Waals surface area contributed by atoms with Crippen molar-refractivity contribution < 1.29 is 4.74 Å². The lowest BCUT2D eigenvalue weighted by Crippen LogP contribution is -2.21. The monoisotopic (exact) mass is 335 g/mol. The normalized spacial score (nSPS) is 11.0. The van der Waals surface area contributed by atoms with E-state index in [1.165, 1.54) is 4.68 Å². The van der Waals surface area contributed by atoms with Gasteiger partial charge in [0, 0.05) is 18.7 Å². The molecule has 1 aromatic heterocycles. The molecule has 0 radical (unpaired) electrons. The van der Waals surface area contributed by atoms with Crippen molar-refractivity contribution in [2.24, 2.45) is 0 Å². The highest BCUT2D eigenvalue weighted by Crippen LogP contribution is 2.31. The molecule has 0 amide bonds. The molecule has 2 aromatic rings. The van der Waals surface area contributed by atoms with Crippen LogP contribution in [0.25, 0.3) is 5.69 Å². The summed E-state index contributed by atoms with van der Waals surface area (Å²) in [6.07, 6.45) is 0. The fourth-order valence-corrected chi connectivity index (χ4v) is 2.58. The van der Waals surface area contributed by atoms with Gasteiger partial charge in [0.15, 0.2) is 5.82 Å². The van der Waals surface area contributed by atoms with E-state index in [-0.39, 0.29) is 0 Å². The lowest BCUT2D eigenvalue weighted by atomic mass is 10.3. The van der Waals surface area contributed by atoms with E-state index < -0.39 is 0 Å². The number of ether oxygens (including phenoxy) is 1. The summed E-state index contributed by atoms with van der Waals surface area (Å²) in [6.45, 7) is 1.75. The Hall–Kier alpha value is -0.920. The van der Waals surface area contributed by atoms with Crippen LogP contribution in [0, 0.1) is 0 Å². The average molecular weight is 337 g/mol. The number of methoxy groups -OCH3 is 1. The lowest BCUT2D eigenvalue weighted by molar-refractivity contribution is 0.199. The van der Waals surface area contributed by atoms with Crippen molar-refractivity contribution in [2.45, 2.75) is 6.54 Å². The molecule has 0 aliphatic carbocycles. The number of halogens is 3. The number of nitrogens with zero attached hydrogens (tertiary/aromatic N) is 4. The van der Waals surface area contributed by atoms with Crippen molar-refractivity contribution in [3.8, 4) is 5.69 Å². The fraction of sp³-hybridized carbons (Fsp3) is 0.364. The van der Waals surface area contributed by atoms with Gasteiger partial charge in [0.05, 0.1) is 23.2 Å². The molecule has 0 bridgehead atoms. The molecule has 1 N–H and O–H groups in total. The molecular weight excluding hydrogens is 325 g/mol. The molecule has 0 fully saturated rings. The summed E-state index contributed by atoms with van der Waals surface area (Å²) < 4.78 is 6.44. The topological polar surface area (TPSA) is 64.9 Å². The second kappa shape index (κ2) is 7.19. The van der Waals surface area contributed by atoms with E-state index >= 15 is 0 Å². The van der Waals surface area contributed by atoms with E-state index in [4.69, 9.17) is 39.5 Å².